The number of nitrogens with zero attached hydrogens (tertiary/aromatic N) is 1. The standard InChI is InChI=1S/C15H26N2O2/c1-3-11(16-4-2)7-6-10-17-14(18)12-8-5-9-13(12)15(17)19/h11-13,16H,3-10H2,1-2H3. The maximum atomic E-state index is 12.2. The summed E-state index contributed by atoms with van der Waals surface area (Å²) in [5.74, 6) is 0.236. The Bertz CT molecular complexity index is 321. The zero-order valence-corrected chi connectivity index (χ0v) is 12.2. The first-order valence-corrected chi connectivity index (χ1v) is 7.77. The monoisotopic (exact) mass is 266 g/mol. The number of hydrogen-bond donors (Lipinski definition) is 1. The fourth-order valence-corrected chi connectivity index (χ4v) is 3.52. The third-order valence-electron chi connectivity index (χ3n) is 4.60. The van der Waals surface area contributed by atoms with Gasteiger partial charge in [-0.2, -0.15) is 0 Å². The van der Waals surface area contributed by atoms with Crippen molar-refractivity contribution in [2.24, 2.45) is 11.8 Å². The van der Waals surface area contributed by atoms with Crippen molar-refractivity contribution in [2.45, 2.75) is 58.4 Å². The maximum Gasteiger partial charge on any atom is 0.233 e. The largest absolute Gasteiger partial charge is 0.314 e. The van der Waals surface area contributed by atoms with E-state index in [1.54, 1.807) is 0 Å². The number of imide groups is 1. The summed E-state index contributed by atoms with van der Waals surface area (Å²) in [4.78, 5) is 25.9. The van der Waals surface area contributed by atoms with Gasteiger partial charge < -0.3 is 5.32 Å². The van der Waals surface area contributed by atoms with Crippen LogP contribution in [0.2, 0.25) is 0 Å². The number of hydrogen-bond acceptors (Lipinski definition) is 3. The molecule has 1 aliphatic heterocycles. The molecule has 0 aromatic heterocycles. The van der Waals surface area contributed by atoms with Crippen molar-refractivity contribution in [3.63, 3.8) is 0 Å². The summed E-state index contributed by atoms with van der Waals surface area (Å²) in [6.45, 7) is 5.87. The van der Waals surface area contributed by atoms with Crippen LogP contribution >= 0.6 is 0 Å². The summed E-state index contributed by atoms with van der Waals surface area (Å²) in [6, 6.07) is 0.511. The molecule has 19 heavy (non-hydrogen) atoms. The van der Waals surface area contributed by atoms with Crippen molar-refractivity contribution in [1.82, 2.24) is 10.2 Å². The molecule has 0 aromatic carbocycles. The minimum atomic E-state index is 0.0169. The van der Waals surface area contributed by atoms with Gasteiger partial charge in [0, 0.05) is 12.6 Å². The molecule has 3 unspecified atom stereocenters. The Labute approximate surface area is 115 Å². The minimum Gasteiger partial charge on any atom is -0.314 e. The Morgan fingerprint density at radius 3 is 2.37 bits per heavy atom. The van der Waals surface area contributed by atoms with Crippen molar-refractivity contribution in [3.8, 4) is 0 Å². The van der Waals surface area contributed by atoms with Crippen molar-refractivity contribution >= 4 is 11.8 Å². The van der Waals surface area contributed by atoms with Gasteiger partial charge in [-0.25, -0.2) is 0 Å². The van der Waals surface area contributed by atoms with Gasteiger partial charge >= 0.3 is 0 Å². The number of rotatable bonds is 7. The smallest absolute Gasteiger partial charge is 0.233 e. The number of carbonyl (C=O) groups is 2. The van der Waals surface area contributed by atoms with Crippen LogP contribution in [0.4, 0.5) is 0 Å². The molecule has 2 amide bonds. The van der Waals surface area contributed by atoms with Gasteiger partial charge in [0.05, 0.1) is 11.8 Å². The lowest BCUT2D eigenvalue weighted by molar-refractivity contribution is -0.140. The van der Waals surface area contributed by atoms with E-state index in [1.807, 2.05) is 0 Å². The Morgan fingerprint density at radius 2 is 1.84 bits per heavy atom. The molecule has 2 fully saturated rings. The average molecular weight is 266 g/mol. The zero-order chi connectivity index (χ0) is 13.8. The van der Waals surface area contributed by atoms with Gasteiger partial charge in [-0.3, -0.25) is 14.5 Å². The van der Waals surface area contributed by atoms with Crippen molar-refractivity contribution < 1.29 is 9.59 Å². The van der Waals surface area contributed by atoms with Crippen LogP contribution < -0.4 is 5.32 Å². The van der Waals surface area contributed by atoms with Crippen LogP contribution in [0, 0.1) is 11.8 Å². The quantitative estimate of drug-likeness (QED) is 0.716. The first kappa shape index (κ1) is 14.5. The predicted octanol–water partition coefficient (Wildman–Crippen LogP) is 1.94. The molecule has 108 valence electrons. The first-order chi connectivity index (χ1) is 9.19. The highest BCUT2D eigenvalue weighted by atomic mass is 16.2. The lowest BCUT2D eigenvalue weighted by atomic mass is 10.00. The van der Waals surface area contributed by atoms with Crippen LogP contribution in [0.1, 0.15) is 52.4 Å². The van der Waals surface area contributed by atoms with Crippen LogP contribution in [-0.2, 0) is 9.59 Å². The van der Waals surface area contributed by atoms with Gasteiger partial charge in [-0.05, 0) is 38.6 Å². The molecular weight excluding hydrogens is 240 g/mol. The van der Waals surface area contributed by atoms with Gasteiger partial charge in [0.1, 0.15) is 0 Å². The Hall–Kier alpha value is -0.900. The lowest BCUT2D eigenvalue weighted by Crippen LogP contribution is -2.34. The summed E-state index contributed by atoms with van der Waals surface area (Å²) < 4.78 is 0. The molecule has 0 radical (unpaired) electrons. The van der Waals surface area contributed by atoms with E-state index in [2.05, 4.69) is 19.2 Å². The molecule has 1 aliphatic carbocycles. The number of fused-ring (bicyclic) bond motifs is 1. The molecule has 0 aromatic rings. The molecule has 1 heterocycles. The van der Waals surface area contributed by atoms with Crippen LogP contribution in [0.3, 0.4) is 0 Å². The number of carbonyl (C=O) groups excluding carboxylic acids is 2. The summed E-state index contributed by atoms with van der Waals surface area (Å²) in [5.41, 5.74) is 0. The van der Waals surface area contributed by atoms with E-state index in [-0.39, 0.29) is 23.7 Å². The summed E-state index contributed by atoms with van der Waals surface area (Å²) >= 11 is 0. The third kappa shape index (κ3) is 2.99. The van der Waals surface area contributed by atoms with E-state index >= 15 is 0 Å². The number of nitrogens with one attached hydrogen (secondary N) is 1. The normalized spacial score (nSPS) is 28.0. The minimum absolute atomic E-state index is 0.0169. The van der Waals surface area contributed by atoms with Crippen LogP contribution in [-0.4, -0.2) is 35.8 Å². The van der Waals surface area contributed by atoms with Gasteiger partial charge in [0.15, 0.2) is 0 Å². The Morgan fingerprint density at radius 1 is 1.21 bits per heavy atom. The molecule has 2 rings (SSSR count). The SMILES string of the molecule is CCNC(CC)CCCN1C(=O)C2CCCC2C1=O. The summed E-state index contributed by atoms with van der Waals surface area (Å²) in [7, 11) is 0. The van der Waals surface area contributed by atoms with E-state index in [0.29, 0.717) is 12.6 Å². The molecule has 3 atom stereocenters. The zero-order valence-electron chi connectivity index (χ0n) is 12.2. The van der Waals surface area contributed by atoms with Crippen molar-refractivity contribution in [2.75, 3.05) is 13.1 Å². The molecule has 4 nitrogen and oxygen atoms in total. The number of likely N-dealkylation sites (tertiary alicyclic amines) is 1. The third-order valence-corrected chi connectivity index (χ3v) is 4.60. The molecule has 0 spiro atoms. The first-order valence-electron chi connectivity index (χ1n) is 7.77. The molecule has 4 heteroatoms. The fourth-order valence-electron chi connectivity index (χ4n) is 3.52. The predicted molar refractivity (Wildman–Crippen MR) is 74.5 cm³/mol. The maximum absolute atomic E-state index is 12.2. The van der Waals surface area contributed by atoms with Crippen LogP contribution in [0.5, 0.6) is 0 Å². The average Bonchev–Trinajstić information content (AvgIpc) is 2.97. The number of amides is 2. The summed E-state index contributed by atoms with van der Waals surface area (Å²) in [6.07, 6.45) is 5.93. The van der Waals surface area contributed by atoms with Crippen molar-refractivity contribution in [3.05, 3.63) is 0 Å². The Kier molecular flexibility index (Phi) is 4.97. The molecular formula is C15H26N2O2. The molecule has 0 bridgehead atoms. The van der Waals surface area contributed by atoms with E-state index < -0.39 is 0 Å². The lowest BCUT2D eigenvalue weighted by Gasteiger charge is -2.19. The van der Waals surface area contributed by atoms with Gasteiger partial charge in [0.25, 0.3) is 0 Å². The van der Waals surface area contributed by atoms with Gasteiger partial charge in [-0.1, -0.05) is 20.3 Å². The van der Waals surface area contributed by atoms with E-state index in [9.17, 15) is 9.59 Å². The van der Waals surface area contributed by atoms with E-state index in [4.69, 9.17) is 0 Å². The second-order valence-electron chi connectivity index (χ2n) is 5.78. The highest BCUT2D eigenvalue weighted by molar-refractivity contribution is 6.05. The highest BCUT2D eigenvalue weighted by Gasteiger charge is 2.49. The van der Waals surface area contributed by atoms with Crippen LogP contribution in [0.15, 0.2) is 0 Å². The van der Waals surface area contributed by atoms with E-state index in [1.165, 1.54) is 4.90 Å². The van der Waals surface area contributed by atoms with E-state index in [0.717, 1.165) is 45.1 Å². The molecule has 1 N–H and O–H groups in total. The molecule has 1 saturated carbocycles. The molecule has 1 saturated heterocycles. The highest BCUT2D eigenvalue weighted by Crippen LogP contribution is 2.39. The second-order valence-corrected chi connectivity index (χ2v) is 5.78. The van der Waals surface area contributed by atoms with Crippen molar-refractivity contribution in [1.29, 1.82) is 0 Å². The molecule has 2 aliphatic rings. The summed E-state index contributed by atoms with van der Waals surface area (Å²) in [5, 5.41) is 3.43. The van der Waals surface area contributed by atoms with Crippen LogP contribution in [0.25, 0.3) is 0 Å². The fraction of sp³-hybridized carbons (Fsp3) is 0.867. The Balaban J connectivity index is 1.80. The topological polar surface area (TPSA) is 49.4 Å². The van der Waals surface area contributed by atoms with Gasteiger partial charge in [0.2, 0.25) is 11.8 Å². The van der Waals surface area contributed by atoms with Gasteiger partial charge in [-0.15, -0.1) is 0 Å². The second kappa shape index (κ2) is 6.51.